The lowest BCUT2D eigenvalue weighted by Crippen LogP contribution is -2.56. The molecule has 0 radical (unpaired) electrons. The number of anilines is 1. The second-order valence-corrected chi connectivity index (χ2v) is 6.20. The molecule has 7 nitrogen and oxygen atoms in total. The van der Waals surface area contributed by atoms with Crippen LogP contribution in [0.2, 0.25) is 0 Å². The van der Waals surface area contributed by atoms with Crippen LogP contribution in [0, 0.1) is 0 Å². The van der Waals surface area contributed by atoms with Crippen LogP contribution in [0.15, 0.2) is 12.3 Å². The molecule has 2 aliphatic heterocycles. The lowest BCUT2D eigenvalue weighted by atomic mass is 10.0. The maximum Gasteiger partial charge on any atom is 0.250 e. The van der Waals surface area contributed by atoms with Gasteiger partial charge in [-0.2, -0.15) is 0 Å². The molecule has 22 heavy (non-hydrogen) atoms. The lowest BCUT2D eigenvalue weighted by molar-refractivity contribution is -0.153. The summed E-state index contributed by atoms with van der Waals surface area (Å²) in [7, 11) is 0. The van der Waals surface area contributed by atoms with Crippen LogP contribution in [0.25, 0.3) is 0 Å². The molecule has 0 spiro atoms. The molecule has 2 saturated heterocycles. The van der Waals surface area contributed by atoms with Crippen molar-refractivity contribution in [3.8, 4) is 0 Å². The summed E-state index contributed by atoms with van der Waals surface area (Å²) in [5.41, 5.74) is 5.49. The van der Waals surface area contributed by atoms with Gasteiger partial charge in [-0.15, -0.1) is 0 Å². The Bertz CT molecular complexity index is 546. The molecule has 120 valence electrons. The second kappa shape index (κ2) is 6.18. The van der Waals surface area contributed by atoms with Gasteiger partial charge in [-0.1, -0.05) is 0 Å². The van der Waals surface area contributed by atoms with E-state index in [-0.39, 0.29) is 0 Å². The van der Waals surface area contributed by atoms with Crippen molar-refractivity contribution in [3.05, 3.63) is 18.0 Å². The summed E-state index contributed by atoms with van der Waals surface area (Å²) < 4.78 is 5.54. The number of nitrogens with zero attached hydrogens (tertiary/aromatic N) is 4. The fraction of sp³-hybridized carbons (Fsp3) is 0.667. The monoisotopic (exact) mass is 305 g/mol. The van der Waals surface area contributed by atoms with Crippen LogP contribution in [-0.2, 0) is 16.1 Å². The summed E-state index contributed by atoms with van der Waals surface area (Å²) >= 11 is 0. The van der Waals surface area contributed by atoms with Gasteiger partial charge < -0.3 is 15.4 Å². The second-order valence-electron chi connectivity index (χ2n) is 6.20. The maximum absolute atomic E-state index is 11.5. The standard InChI is InChI=1S/C15H23N5O2/c1-15(13(16)21)11-19(8-9-22-15)10-12-4-5-17-14(18-12)20-6-2-3-7-20/h4-5H,2-3,6-11H2,1H3,(H2,16,21). The van der Waals surface area contributed by atoms with E-state index in [0.717, 1.165) is 31.3 Å². The number of nitrogens with two attached hydrogens (primary N) is 1. The third-order valence-corrected chi connectivity index (χ3v) is 4.35. The molecule has 1 atom stereocenters. The molecule has 2 N–H and O–H groups in total. The number of carbonyl (C=O) groups is 1. The van der Waals surface area contributed by atoms with Gasteiger partial charge in [0.25, 0.3) is 5.91 Å². The van der Waals surface area contributed by atoms with Crippen LogP contribution in [0.1, 0.15) is 25.5 Å². The van der Waals surface area contributed by atoms with Crippen molar-refractivity contribution in [2.45, 2.75) is 31.9 Å². The first kappa shape index (κ1) is 15.2. The smallest absolute Gasteiger partial charge is 0.250 e. The van der Waals surface area contributed by atoms with Gasteiger partial charge in [-0.25, -0.2) is 9.97 Å². The van der Waals surface area contributed by atoms with Gasteiger partial charge in [-0.05, 0) is 25.8 Å². The minimum Gasteiger partial charge on any atom is -0.367 e. The number of aromatic nitrogens is 2. The van der Waals surface area contributed by atoms with E-state index in [1.807, 2.05) is 12.3 Å². The molecule has 2 fully saturated rings. The number of morpholine rings is 1. The molecule has 0 bridgehead atoms. The Kier molecular flexibility index (Phi) is 4.26. The van der Waals surface area contributed by atoms with Crippen molar-refractivity contribution in [3.63, 3.8) is 0 Å². The largest absolute Gasteiger partial charge is 0.367 e. The number of primary amides is 1. The Morgan fingerprint density at radius 3 is 2.91 bits per heavy atom. The van der Waals surface area contributed by atoms with Crippen LogP contribution < -0.4 is 10.6 Å². The van der Waals surface area contributed by atoms with Crippen LogP contribution in [0.5, 0.6) is 0 Å². The Morgan fingerprint density at radius 2 is 2.18 bits per heavy atom. The van der Waals surface area contributed by atoms with Crippen molar-refractivity contribution in [2.75, 3.05) is 37.7 Å². The quantitative estimate of drug-likeness (QED) is 0.852. The van der Waals surface area contributed by atoms with E-state index in [2.05, 4.69) is 19.8 Å². The van der Waals surface area contributed by atoms with Crippen LogP contribution in [0.4, 0.5) is 5.95 Å². The van der Waals surface area contributed by atoms with E-state index in [4.69, 9.17) is 10.5 Å². The SMILES string of the molecule is CC1(C(N)=O)CN(Cc2ccnc(N3CCCC3)n2)CCO1. The van der Waals surface area contributed by atoms with Crippen molar-refractivity contribution < 1.29 is 9.53 Å². The van der Waals surface area contributed by atoms with Crippen molar-refractivity contribution >= 4 is 11.9 Å². The summed E-state index contributed by atoms with van der Waals surface area (Å²) in [5, 5.41) is 0. The summed E-state index contributed by atoms with van der Waals surface area (Å²) in [6.45, 7) is 6.25. The van der Waals surface area contributed by atoms with Crippen molar-refractivity contribution in [2.24, 2.45) is 5.73 Å². The van der Waals surface area contributed by atoms with Gasteiger partial charge in [0.1, 0.15) is 0 Å². The predicted molar refractivity (Wildman–Crippen MR) is 82.3 cm³/mol. The van der Waals surface area contributed by atoms with Gasteiger partial charge in [0.05, 0.1) is 12.3 Å². The highest BCUT2D eigenvalue weighted by Gasteiger charge is 2.37. The summed E-state index contributed by atoms with van der Waals surface area (Å²) in [4.78, 5) is 24.9. The fourth-order valence-electron chi connectivity index (χ4n) is 3.01. The maximum atomic E-state index is 11.5. The third-order valence-electron chi connectivity index (χ3n) is 4.35. The number of hydrogen-bond donors (Lipinski definition) is 1. The molecule has 1 amide bonds. The summed E-state index contributed by atoms with van der Waals surface area (Å²) in [6.07, 6.45) is 4.21. The Labute approximate surface area is 130 Å². The highest BCUT2D eigenvalue weighted by Crippen LogP contribution is 2.20. The van der Waals surface area contributed by atoms with Crippen LogP contribution >= 0.6 is 0 Å². The predicted octanol–water partition coefficient (Wildman–Crippen LogP) is 0.153. The minimum atomic E-state index is -0.914. The lowest BCUT2D eigenvalue weighted by Gasteiger charge is -2.38. The molecule has 0 saturated carbocycles. The topological polar surface area (TPSA) is 84.6 Å². The van der Waals surface area contributed by atoms with Crippen molar-refractivity contribution in [1.82, 2.24) is 14.9 Å². The first-order chi connectivity index (χ1) is 10.6. The molecule has 3 rings (SSSR count). The van der Waals surface area contributed by atoms with Crippen LogP contribution in [-0.4, -0.2) is 59.2 Å². The highest BCUT2D eigenvalue weighted by atomic mass is 16.5. The molecule has 1 unspecified atom stereocenters. The number of rotatable bonds is 4. The minimum absolute atomic E-state index is 0.419. The molecule has 2 aliphatic rings. The van der Waals surface area contributed by atoms with Crippen molar-refractivity contribution in [1.29, 1.82) is 0 Å². The molecular weight excluding hydrogens is 282 g/mol. The molecule has 7 heteroatoms. The van der Waals surface area contributed by atoms with E-state index < -0.39 is 11.5 Å². The Morgan fingerprint density at radius 1 is 1.41 bits per heavy atom. The zero-order chi connectivity index (χ0) is 15.6. The number of ether oxygens (including phenoxy) is 1. The molecule has 0 aliphatic carbocycles. The molecule has 0 aromatic carbocycles. The van der Waals surface area contributed by atoms with E-state index in [1.165, 1.54) is 12.8 Å². The summed E-state index contributed by atoms with van der Waals surface area (Å²) in [6, 6.07) is 1.93. The zero-order valence-corrected chi connectivity index (χ0v) is 13.0. The van der Waals surface area contributed by atoms with Gasteiger partial charge in [0.2, 0.25) is 5.95 Å². The van der Waals surface area contributed by atoms with E-state index in [1.54, 1.807) is 6.92 Å². The van der Waals surface area contributed by atoms with E-state index in [9.17, 15) is 4.79 Å². The van der Waals surface area contributed by atoms with E-state index >= 15 is 0 Å². The Hall–Kier alpha value is -1.73. The Balaban J connectivity index is 1.67. The van der Waals surface area contributed by atoms with Gasteiger partial charge >= 0.3 is 0 Å². The fourth-order valence-corrected chi connectivity index (χ4v) is 3.01. The third kappa shape index (κ3) is 3.20. The van der Waals surface area contributed by atoms with Gasteiger partial charge in [0, 0.05) is 38.9 Å². The first-order valence-corrected chi connectivity index (χ1v) is 7.80. The normalized spacial score (nSPS) is 26.3. The molecular formula is C15H23N5O2. The van der Waals surface area contributed by atoms with E-state index in [0.29, 0.717) is 19.7 Å². The molecule has 1 aromatic rings. The summed E-state index contributed by atoms with van der Waals surface area (Å²) in [5.74, 6) is 0.388. The molecule has 1 aromatic heterocycles. The highest BCUT2D eigenvalue weighted by molar-refractivity contribution is 5.83. The first-order valence-electron chi connectivity index (χ1n) is 7.80. The average Bonchev–Trinajstić information content (AvgIpc) is 3.02. The van der Waals surface area contributed by atoms with Crippen LogP contribution in [0.3, 0.4) is 0 Å². The number of carbonyl (C=O) groups excluding carboxylic acids is 1. The van der Waals surface area contributed by atoms with Gasteiger partial charge in [0.15, 0.2) is 5.60 Å². The average molecular weight is 305 g/mol. The molecule has 3 heterocycles. The zero-order valence-electron chi connectivity index (χ0n) is 13.0. The van der Waals surface area contributed by atoms with Gasteiger partial charge in [-0.3, -0.25) is 9.69 Å². The number of amides is 1. The number of hydrogen-bond acceptors (Lipinski definition) is 6.